The van der Waals surface area contributed by atoms with E-state index in [-0.39, 0.29) is 11.7 Å². The van der Waals surface area contributed by atoms with Crippen molar-refractivity contribution in [2.75, 3.05) is 5.75 Å². The zero-order valence-corrected chi connectivity index (χ0v) is 9.00. The zero-order valence-electron chi connectivity index (χ0n) is 8.18. The van der Waals surface area contributed by atoms with Crippen LogP contribution in [0.5, 0.6) is 0 Å². The van der Waals surface area contributed by atoms with E-state index in [1.165, 1.54) is 24.0 Å². The second-order valence-electron chi connectivity index (χ2n) is 3.01. The van der Waals surface area contributed by atoms with Crippen LogP contribution < -0.4 is 5.32 Å². The lowest BCUT2D eigenvalue weighted by atomic mass is 10.2. The fourth-order valence-electron chi connectivity index (χ4n) is 1.10. The van der Waals surface area contributed by atoms with Gasteiger partial charge in [0.2, 0.25) is 5.91 Å². The van der Waals surface area contributed by atoms with Crippen LogP contribution in [0.4, 0.5) is 4.39 Å². The summed E-state index contributed by atoms with van der Waals surface area (Å²) in [5.74, 6) is -0.0898. The molecule has 1 saturated heterocycles. The van der Waals surface area contributed by atoms with Crippen molar-refractivity contribution in [1.29, 1.82) is 0 Å². The molecule has 0 aliphatic carbocycles. The second kappa shape index (κ2) is 4.89. The first-order chi connectivity index (χ1) is 7.75. The van der Waals surface area contributed by atoms with Crippen LogP contribution in [0, 0.1) is 5.82 Å². The Bertz CT molecular complexity index is 473. The van der Waals surface area contributed by atoms with E-state index in [9.17, 15) is 9.18 Å². The van der Waals surface area contributed by atoms with Gasteiger partial charge >= 0.3 is 0 Å². The number of halogens is 1. The Morgan fingerprint density at radius 3 is 2.94 bits per heavy atom. The maximum atomic E-state index is 13.1. The molecule has 1 N–H and O–H groups in total. The van der Waals surface area contributed by atoms with Crippen molar-refractivity contribution in [3.05, 3.63) is 35.6 Å². The molecule has 0 radical (unpaired) electrons. The summed E-state index contributed by atoms with van der Waals surface area (Å²) in [5, 5.41) is 10.4. The maximum Gasteiger partial charge on any atom is 0.236 e. The van der Waals surface area contributed by atoms with Gasteiger partial charge < -0.3 is 5.32 Å². The van der Waals surface area contributed by atoms with Crippen LogP contribution in [0.15, 0.2) is 34.5 Å². The molecule has 1 fully saturated rings. The number of benzene rings is 1. The molecular weight excluding hydrogens is 229 g/mol. The van der Waals surface area contributed by atoms with Crippen molar-refractivity contribution in [2.24, 2.45) is 10.2 Å². The lowest BCUT2D eigenvalue weighted by Gasteiger charge is -1.93. The number of carbonyl (C=O) groups is 1. The van der Waals surface area contributed by atoms with Crippen LogP contribution in [0.1, 0.15) is 5.56 Å². The van der Waals surface area contributed by atoms with Crippen LogP contribution >= 0.6 is 11.8 Å². The highest BCUT2D eigenvalue weighted by atomic mass is 32.2. The SMILES string of the molecule is O=C1CSC(=NN=Cc2ccccc2F)N1. The van der Waals surface area contributed by atoms with E-state index in [1.807, 2.05) is 0 Å². The van der Waals surface area contributed by atoms with Crippen molar-refractivity contribution in [3.8, 4) is 0 Å². The molecule has 0 aromatic heterocycles. The van der Waals surface area contributed by atoms with Crippen LogP contribution in [0.2, 0.25) is 0 Å². The van der Waals surface area contributed by atoms with Gasteiger partial charge in [-0.3, -0.25) is 4.79 Å². The summed E-state index contributed by atoms with van der Waals surface area (Å²) in [4.78, 5) is 10.8. The molecule has 4 nitrogen and oxygen atoms in total. The quantitative estimate of drug-likeness (QED) is 0.624. The van der Waals surface area contributed by atoms with Gasteiger partial charge in [-0.25, -0.2) is 4.39 Å². The molecule has 82 valence electrons. The molecule has 0 spiro atoms. The van der Waals surface area contributed by atoms with Gasteiger partial charge in [-0.1, -0.05) is 30.0 Å². The van der Waals surface area contributed by atoms with E-state index in [4.69, 9.17) is 0 Å². The predicted molar refractivity (Wildman–Crippen MR) is 62.0 cm³/mol. The molecule has 1 heterocycles. The van der Waals surface area contributed by atoms with Crippen LogP contribution in [-0.2, 0) is 4.79 Å². The van der Waals surface area contributed by atoms with E-state index < -0.39 is 0 Å². The molecule has 0 bridgehead atoms. The molecular formula is C10H8FN3OS. The molecule has 0 unspecified atom stereocenters. The van der Waals surface area contributed by atoms with Crippen LogP contribution in [0.3, 0.4) is 0 Å². The summed E-state index contributed by atoms with van der Waals surface area (Å²) >= 11 is 1.27. The highest BCUT2D eigenvalue weighted by Crippen LogP contribution is 2.09. The number of thioether (sulfide) groups is 1. The van der Waals surface area contributed by atoms with Gasteiger partial charge in [0.15, 0.2) is 5.17 Å². The minimum Gasteiger partial charge on any atom is -0.303 e. The average molecular weight is 237 g/mol. The van der Waals surface area contributed by atoms with Crippen molar-refractivity contribution >= 4 is 29.1 Å². The van der Waals surface area contributed by atoms with Gasteiger partial charge in [-0.15, -0.1) is 5.10 Å². The summed E-state index contributed by atoms with van der Waals surface area (Å²) in [7, 11) is 0. The second-order valence-corrected chi connectivity index (χ2v) is 3.97. The van der Waals surface area contributed by atoms with Gasteiger partial charge in [-0.05, 0) is 6.07 Å². The molecule has 1 aromatic rings. The Labute approximate surface area is 95.6 Å². The summed E-state index contributed by atoms with van der Waals surface area (Å²) < 4.78 is 13.1. The molecule has 0 atom stereocenters. The fourth-order valence-corrected chi connectivity index (χ4v) is 1.73. The molecule has 0 saturated carbocycles. The minimum absolute atomic E-state index is 0.0927. The largest absolute Gasteiger partial charge is 0.303 e. The van der Waals surface area contributed by atoms with E-state index in [1.54, 1.807) is 18.2 Å². The predicted octanol–water partition coefficient (Wildman–Crippen LogP) is 1.38. The van der Waals surface area contributed by atoms with Crippen molar-refractivity contribution in [1.82, 2.24) is 5.32 Å². The molecule has 1 aliphatic rings. The van der Waals surface area contributed by atoms with E-state index in [0.717, 1.165) is 0 Å². The van der Waals surface area contributed by atoms with Gasteiger partial charge in [0.05, 0.1) is 12.0 Å². The number of amides is 1. The summed E-state index contributed by atoms with van der Waals surface area (Å²) in [6.45, 7) is 0. The van der Waals surface area contributed by atoms with E-state index in [2.05, 4.69) is 15.5 Å². The van der Waals surface area contributed by atoms with Gasteiger partial charge in [0.1, 0.15) is 5.82 Å². The van der Waals surface area contributed by atoms with Crippen LogP contribution in [0.25, 0.3) is 0 Å². The Kier molecular flexibility index (Phi) is 3.31. The maximum absolute atomic E-state index is 13.1. The third kappa shape index (κ3) is 2.66. The molecule has 1 amide bonds. The smallest absolute Gasteiger partial charge is 0.236 e. The normalized spacial score (nSPS) is 18.3. The lowest BCUT2D eigenvalue weighted by molar-refractivity contribution is -0.116. The molecule has 6 heteroatoms. The number of rotatable bonds is 2. The number of amidine groups is 1. The number of nitrogens with one attached hydrogen (secondary N) is 1. The number of nitrogens with zero attached hydrogens (tertiary/aromatic N) is 2. The van der Waals surface area contributed by atoms with Gasteiger partial charge in [0, 0.05) is 5.56 Å². The Balaban J connectivity index is 2.05. The Hall–Kier alpha value is -1.69. The average Bonchev–Trinajstić information content (AvgIpc) is 2.67. The number of hydrogen-bond acceptors (Lipinski definition) is 4. The standard InChI is InChI=1S/C10H8FN3OS/c11-8-4-2-1-3-7(8)5-12-14-10-13-9(15)6-16-10/h1-5H,6H2,(H,13,14,15). The topological polar surface area (TPSA) is 53.8 Å². The minimum atomic E-state index is -0.352. The van der Waals surface area contributed by atoms with Gasteiger partial charge in [-0.2, -0.15) is 5.10 Å². The zero-order chi connectivity index (χ0) is 11.4. The fraction of sp³-hybridized carbons (Fsp3) is 0.100. The lowest BCUT2D eigenvalue weighted by Crippen LogP contribution is -2.19. The molecule has 1 aromatic carbocycles. The number of carbonyl (C=O) groups excluding carboxylic acids is 1. The van der Waals surface area contributed by atoms with Crippen molar-refractivity contribution < 1.29 is 9.18 Å². The molecule has 1 aliphatic heterocycles. The van der Waals surface area contributed by atoms with Crippen LogP contribution in [-0.4, -0.2) is 23.0 Å². The monoisotopic (exact) mass is 237 g/mol. The Morgan fingerprint density at radius 1 is 1.44 bits per heavy atom. The highest BCUT2D eigenvalue weighted by Gasteiger charge is 2.15. The van der Waals surface area contributed by atoms with Crippen molar-refractivity contribution in [3.63, 3.8) is 0 Å². The third-order valence-corrected chi connectivity index (χ3v) is 2.70. The number of hydrogen-bond donors (Lipinski definition) is 1. The van der Waals surface area contributed by atoms with E-state index in [0.29, 0.717) is 16.5 Å². The Morgan fingerprint density at radius 2 is 2.25 bits per heavy atom. The van der Waals surface area contributed by atoms with Crippen molar-refractivity contribution in [2.45, 2.75) is 0 Å². The van der Waals surface area contributed by atoms with E-state index >= 15 is 0 Å². The summed E-state index contributed by atoms with van der Waals surface area (Å²) in [5.41, 5.74) is 0.362. The summed E-state index contributed by atoms with van der Waals surface area (Å²) in [6.07, 6.45) is 1.31. The first kappa shape index (κ1) is 10.8. The van der Waals surface area contributed by atoms with Gasteiger partial charge in [0.25, 0.3) is 0 Å². The molecule has 16 heavy (non-hydrogen) atoms. The third-order valence-electron chi connectivity index (χ3n) is 1.84. The molecule has 2 rings (SSSR count). The highest BCUT2D eigenvalue weighted by molar-refractivity contribution is 8.15. The first-order valence-corrected chi connectivity index (χ1v) is 5.52. The summed E-state index contributed by atoms with van der Waals surface area (Å²) in [6, 6.07) is 6.26. The first-order valence-electron chi connectivity index (χ1n) is 4.54.